The molecule has 1 aliphatic heterocycles. The lowest BCUT2D eigenvalue weighted by atomic mass is 9.73. The molecule has 1 aliphatic carbocycles. The number of amides is 3. The molecule has 3 atom stereocenters. The van der Waals surface area contributed by atoms with Crippen molar-refractivity contribution in [2.45, 2.75) is 70.6 Å². The van der Waals surface area contributed by atoms with E-state index in [2.05, 4.69) is 10.3 Å². The molecular weight excluding hydrogens is 487 g/mol. The van der Waals surface area contributed by atoms with Crippen LogP contribution < -0.4 is 10.6 Å². The standard InChI is InChI=1S/C26H34F3N5O3/c1-16(2)22(32-25(37)26(27,28)29)23(35)31-20-14-33(12-10-18(20)17-7-4-3-5-8-17)24(36)19-9-6-11-34-15-30-13-21(19)34/h6,9,11,13,15-18,20,22H,3-5,7-8,10,12,14H2,1-2H3,(H,31,35)(H,32,37)/t18-,20+,22+/m0/s1. The summed E-state index contributed by atoms with van der Waals surface area (Å²) in [5.74, 6) is -3.06. The van der Waals surface area contributed by atoms with Gasteiger partial charge in [0, 0.05) is 25.3 Å². The Morgan fingerprint density at radius 3 is 2.51 bits per heavy atom. The monoisotopic (exact) mass is 521 g/mol. The van der Waals surface area contributed by atoms with Crippen LogP contribution in [0.4, 0.5) is 13.2 Å². The maximum absolute atomic E-state index is 13.5. The summed E-state index contributed by atoms with van der Waals surface area (Å²) in [4.78, 5) is 44.1. The van der Waals surface area contributed by atoms with Crippen LogP contribution in [0, 0.1) is 17.8 Å². The van der Waals surface area contributed by atoms with Crippen LogP contribution in [0.3, 0.4) is 0 Å². The highest BCUT2D eigenvalue weighted by atomic mass is 19.4. The zero-order valence-corrected chi connectivity index (χ0v) is 21.1. The fraction of sp³-hybridized carbons (Fsp3) is 0.615. The lowest BCUT2D eigenvalue weighted by Crippen LogP contribution is -2.60. The molecule has 11 heteroatoms. The lowest BCUT2D eigenvalue weighted by molar-refractivity contribution is -0.175. The molecule has 2 N–H and O–H groups in total. The predicted molar refractivity (Wildman–Crippen MR) is 131 cm³/mol. The van der Waals surface area contributed by atoms with Gasteiger partial charge in [-0.1, -0.05) is 46.0 Å². The van der Waals surface area contributed by atoms with Crippen molar-refractivity contribution in [2.24, 2.45) is 17.8 Å². The molecule has 0 bridgehead atoms. The first-order valence-corrected chi connectivity index (χ1v) is 12.9. The molecule has 1 saturated carbocycles. The molecule has 0 unspecified atom stereocenters. The van der Waals surface area contributed by atoms with Gasteiger partial charge in [-0.3, -0.25) is 14.4 Å². The van der Waals surface area contributed by atoms with Crippen LogP contribution in [0.5, 0.6) is 0 Å². The van der Waals surface area contributed by atoms with Gasteiger partial charge in [0.25, 0.3) is 5.91 Å². The fourth-order valence-corrected chi connectivity index (χ4v) is 5.77. The number of aromatic nitrogens is 2. The summed E-state index contributed by atoms with van der Waals surface area (Å²) in [7, 11) is 0. The van der Waals surface area contributed by atoms with Gasteiger partial charge < -0.3 is 19.9 Å². The largest absolute Gasteiger partial charge is 0.471 e. The Morgan fingerprint density at radius 1 is 1.11 bits per heavy atom. The molecule has 0 aromatic carbocycles. The van der Waals surface area contributed by atoms with Crippen molar-refractivity contribution in [2.75, 3.05) is 13.1 Å². The quantitative estimate of drug-likeness (QED) is 0.608. The molecule has 0 radical (unpaired) electrons. The van der Waals surface area contributed by atoms with Gasteiger partial charge in [-0.25, -0.2) is 4.98 Å². The number of hydrogen-bond acceptors (Lipinski definition) is 4. The number of rotatable bonds is 6. The molecule has 37 heavy (non-hydrogen) atoms. The van der Waals surface area contributed by atoms with E-state index in [4.69, 9.17) is 0 Å². The molecule has 2 fully saturated rings. The third-order valence-electron chi connectivity index (χ3n) is 7.71. The van der Waals surface area contributed by atoms with Crippen LogP contribution in [-0.4, -0.2) is 63.4 Å². The summed E-state index contributed by atoms with van der Waals surface area (Å²) in [5, 5.41) is 4.79. The maximum Gasteiger partial charge on any atom is 0.471 e. The van der Waals surface area contributed by atoms with Gasteiger partial charge in [0.2, 0.25) is 5.91 Å². The Labute approximate surface area is 214 Å². The van der Waals surface area contributed by atoms with Crippen molar-refractivity contribution in [1.82, 2.24) is 24.9 Å². The molecule has 3 amide bonds. The summed E-state index contributed by atoms with van der Waals surface area (Å²) in [6.45, 7) is 3.95. The molecule has 202 valence electrons. The van der Waals surface area contributed by atoms with Gasteiger partial charge in [0.1, 0.15) is 6.04 Å². The normalized spacial score (nSPS) is 22.2. The van der Waals surface area contributed by atoms with E-state index >= 15 is 0 Å². The van der Waals surface area contributed by atoms with Crippen LogP contribution in [0.2, 0.25) is 0 Å². The third kappa shape index (κ3) is 6.07. The zero-order valence-electron chi connectivity index (χ0n) is 21.1. The maximum atomic E-state index is 13.5. The minimum atomic E-state index is -5.08. The molecule has 1 saturated heterocycles. The Balaban J connectivity index is 1.55. The Morgan fingerprint density at radius 2 is 1.84 bits per heavy atom. The fourth-order valence-electron chi connectivity index (χ4n) is 5.77. The third-order valence-corrected chi connectivity index (χ3v) is 7.71. The zero-order chi connectivity index (χ0) is 26.7. The summed E-state index contributed by atoms with van der Waals surface area (Å²) >= 11 is 0. The van der Waals surface area contributed by atoms with E-state index in [0.717, 1.165) is 25.7 Å². The molecule has 2 aromatic heterocycles. The van der Waals surface area contributed by atoms with Crippen LogP contribution in [0.1, 0.15) is 62.7 Å². The van der Waals surface area contributed by atoms with Crippen LogP contribution in [0.25, 0.3) is 5.52 Å². The van der Waals surface area contributed by atoms with E-state index in [1.54, 1.807) is 54.0 Å². The highest BCUT2D eigenvalue weighted by Gasteiger charge is 2.43. The van der Waals surface area contributed by atoms with Gasteiger partial charge in [-0.15, -0.1) is 0 Å². The topological polar surface area (TPSA) is 95.8 Å². The van der Waals surface area contributed by atoms with Gasteiger partial charge in [-0.2, -0.15) is 13.2 Å². The second-order valence-corrected chi connectivity index (χ2v) is 10.5. The number of carbonyl (C=O) groups is 3. The summed E-state index contributed by atoms with van der Waals surface area (Å²) < 4.78 is 40.4. The number of halogens is 3. The molecule has 2 aromatic rings. The number of hydrogen-bond donors (Lipinski definition) is 2. The highest BCUT2D eigenvalue weighted by molar-refractivity contribution is 6.00. The number of carbonyl (C=O) groups excluding carboxylic acids is 3. The Hall–Kier alpha value is -3.11. The van der Waals surface area contributed by atoms with Crippen molar-refractivity contribution in [1.29, 1.82) is 0 Å². The predicted octanol–water partition coefficient (Wildman–Crippen LogP) is 3.56. The summed E-state index contributed by atoms with van der Waals surface area (Å²) in [6.07, 6.45) is 6.07. The smallest absolute Gasteiger partial charge is 0.350 e. The number of imidazole rings is 1. The second kappa shape index (κ2) is 11.1. The molecule has 0 spiro atoms. The number of piperidine rings is 1. The molecule has 4 rings (SSSR count). The Kier molecular flexibility index (Phi) is 8.08. The van der Waals surface area contributed by atoms with Crippen LogP contribution in [-0.2, 0) is 9.59 Å². The van der Waals surface area contributed by atoms with Crippen LogP contribution in [0.15, 0.2) is 30.9 Å². The number of likely N-dealkylation sites (tertiary alicyclic amines) is 1. The van der Waals surface area contributed by atoms with E-state index in [1.807, 2.05) is 5.32 Å². The first-order chi connectivity index (χ1) is 17.6. The van der Waals surface area contributed by atoms with Crippen molar-refractivity contribution in [3.63, 3.8) is 0 Å². The molecule has 2 aliphatic rings. The van der Waals surface area contributed by atoms with E-state index < -0.39 is 36.0 Å². The average molecular weight is 522 g/mol. The van der Waals surface area contributed by atoms with Gasteiger partial charge >= 0.3 is 12.1 Å². The molecule has 8 nitrogen and oxygen atoms in total. The van der Waals surface area contributed by atoms with E-state index in [9.17, 15) is 27.6 Å². The van der Waals surface area contributed by atoms with E-state index in [0.29, 0.717) is 30.0 Å². The van der Waals surface area contributed by atoms with Crippen LogP contribution >= 0.6 is 0 Å². The van der Waals surface area contributed by atoms with Gasteiger partial charge in [-0.05, 0) is 36.3 Å². The second-order valence-electron chi connectivity index (χ2n) is 10.5. The highest BCUT2D eigenvalue weighted by Crippen LogP contribution is 2.36. The number of pyridine rings is 1. The number of alkyl halides is 3. The van der Waals surface area contributed by atoms with Crippen molar-refractivity contribution >= 4 is 23.2 Å². The van der Waals surface area contributed by atoms with Gasteiger partial charge in [0.05, 0.1) is 23.6 Å². The van der Waals surface area contributed by atoms with E-state index in [-0.39, 0.29) is 18.4 Å². The van der Waals surface area contributed by atoms with Crippen molar-refractivity contribution < 1.29 is 27.6 Å². The van der Waals surface area contributed by atoms with E-state index in [1.165, 1.54) is 6.42 Å². The first-order valence-electron chi connectivity index (χ1n) is 12.9. The summed E-state index contributed by atoms with van der Waals surface area (Å²) in [6, 6.07) is 1.74. The molecule has 3 heterocycles. The summed E-state index contributed by atoms with van der Waals surface area (Å²) in [5.41, 5.74) is 1.18. The van der Waals surface area contributed by atoms with Gasteiger partial charge in [0.15, 0.2) is 0 Å². The molecular formula is C26H34F3N5O3. The minimum Gasteiger partial charge on any atom is -0.350 e. The first kappa shape index (κ1) is 26.9. The minimum absolute atomic E-state index is 0.102. The average Bonchev–Trinajstić information content (AvgIpc) is 3.35. The lowest BCUT2D eigenvalue weighted by Gasteiger charge is -2.44. The Bertz CT molecular complexity index is 1130. The number of nitrogens with zero attached hydrogens (tertiary/aromatic N) is 3. The number of fused-ring (bicyclic) bond motifs is 1. The van der Waals surface area contributed by atoms with Crippen molar-refractivity contribution in [3.05, 3.63) is 36.4 Å². The number of nitrogens with one attached hydrogen (secondary N) is 2. The SMILES string of the molecule is CC(C)[C@@H](NC(=O)C(F)(F)F)C(=O)N[C@@H]1CN(C(=O)c2cccn3cncc23)CC[C@H]1C1CCCCC1. The van der Waals surface area contributed by atoms with Crippen molar-refractivity contribution in [3.8, 4) is 0 Å².